The zero-order chi connectivity index (χ0) is 19.5. The van der Waals surface area contributed by atoms with E-state index in [1.165, 1.54) is 0 Å². The van der Waals surface area contributed by atoms with Gasteiger partial charge in [0.25, 0.3) is 5.91 Å². The molecule has 2 N–H and O–H groups in total. The van der Waals surface area contributed by atoms with E-state index in [0.29, 0.717) is 10.6 Å². The molecule has 0 bridgehead atoms. The van der Waals surface area contributed by atoms with E-state index in [9.17, 15) is 4.79 Å². The Labute approximate surface area is 189 Å². The molecular formula is C21H21BrCl2N4O. The van der Waals surface area contributed by atoms with Crippen molar-refractivity contribution in [3.8, 4) is 5.69 Å². The summed E-state index contributed by atoms with van der Waals surface area (Å²) in [4.78, 5) is 13.0. The molecule has 1 amide bonds. The monoisotopic (exact) mass is 494 g/mol. The smallest absolute Gasteiger partial charge is 0.259 e. The molecule has 2 aromatic carbocycles. The number of hydrogen-bond acceptors (Lipinski definition) is 3. The van der Waals surface area contributed by atoms with Crippen LogP contribution in [0, 0.1) is 0 Å². The van der Waals surface area contributed by atoms with Crippen molar-refractivity contribution in [3.05, 3.63) is 75.5 Å². The van der Waals surface area contributed by atoms with Crippen LogP contribution in [0.5, 0.6) is 0 Å². The lowest BCUT2D eigenvalue weighted by Gasteiger charge is -2.24. The minimum Gasteiger partial charge on any atom is -0.322 e. The van der Waals surface area contributed by atoms with Crippen LogP contribution in [0.2, 0.25) is 5.02 Å². The lowest BCUT2D eigenvalue weighted by molar-refractivity contribution is 0.102. The third kappa shape index (κ3) is 5.01. The molecule has 1 aliphatic rings. The Morgan fingerprint density at radius 1 is 1.10 bits per heavy atom. The summed E-state index contributed by atoms with van der Waals surface area (Å²) in [6, 6.07) is 15.1. The van der Waals surface area contributed by atoms with Crippen LogP contribution < -0.4 is 10.6 Å². The predicted molar refractivity (Wildman–Crippen MR) is 123 cm³/mol. The van der Waals surface area contributed by atoms with Gasteiger partial charge >= 0.3 is 0 Å². The summed E-state index contributed by atoms with van der Waals surface area (Å²) in [5.74, 6) is 0.126. The van der Waals surface area contributed by atoms with Crippen LogP contribution in [0.15, 0.2) is 59.2 Å². The highest BCUT2D eigenvalue weighted by molar-refractivity contribution is 9.10. The Bertz CT molecular complexity index is 967. The van der Waals surface area contributed by atoms with Crippen molar-refractivity contribution >= 4 is 51.5 Å². The summed E-state index contributed by atoms with van der Waals surface area (Å²) in [5, 5.41) is 11.6. The number of carbonyl (C=O) groups excluding carboxylic acids is 1. The van der Waals surface area contributed by atoms with Gasteiger partial charge < -0.3 is 10.6 Å². The lowest BCUT2D eigenvalue weighted by Crippen LogP contribution is -2.29. The van der Waals surface area contributed by atoms with Gasteiger partial charge in [-0.25, -0.2) is 4.68 Å². The SMILES string of the molecule is Cl.O=C(Nc1ccc(Br)cc1)c1cnn(-c2ccc(Cl)cc2)c1C1CCNCC1. The van der Waals surface area contributed by atoms with Gasteiger partial charge in [-0.15, -0.1) is 12.4 Å². The average molecular weight is 496 g/mol. The first kappa shape index (κ1) is 21.8. The fourth-order valence-electron chi connectivity index (χ4n) is 3.54. The second-order valence-electron chi connectivity index (χ2n) is 6.82. The second-order valence-corrected chi connectivity index (χ2v) is 8.17. The van der Waals surface area contributed by atoms with Crippen LogP contribution >= 0.6 is 39.9 Å². The van der Waals surface area contributed by atoms with E-state index in [-0.39, 0.29) is 24.2 Å². The molecule has 4 rings (SSSR count). The van der Waals surface area contributed by atoms with Crippen molar-refractivity contribution in [1.82, 2.24) is 15.1 Å². The lowest BCUT2D eigenvalue weighted by atomic mass is 9.91. The summed E-state index contributed by atoms with van der Waals surface area (Å²) >= 11 is 9.45. The number of aromatic nitrogens is 2. The van der Waals surface area contributed by atoms with Gasteiger partial charge in [0.05, 0.1) is 23.1 Å². The van der Waals surface area contributed by atoms with Crippen LogP contribution in [-0.4, -0.2) is 28.8 Å². The molecule has 0 saturated carbocycles. The third-order valence-electron chi connectivity index (χ3n) is 4.95. The van der Waals surface area contributed by atoms with E-state index >= 15 is 0 Å². The molecule has 3 aromatic rings. The topological polar surface area (TPSA) is 59.0 Å². The Kier molecular flexibility index (Phi) is 7.35. The maximum atomic E-state index is 13.0. The van der Waals surface area contributed by atoms with Crippen molar-refractivity contribution in [3.63, 3.8) is 0 Å². The van der Waals surface area contributed by atoms with Gasteiger partial charge in [-0.05, 0) is 74.5 Å². The first-order valence-corrected chi connectivity index (χ1v) is 10.4. The number of hydrogen-bond donors (Lipinski definition) is 2. The molecule has 2 heterocycles. The quantitative estimate of drug-likeness (QED) is 0.507. The standard InChI is InChI=1S/C21H20BrClN4O.ClH/c22-15-1-5-17(6-2-15)26-21(28)19-13-25-27(18-7-3-16(23)4-8-18)20(19)14-9-11-24-12-10-14;/h1-8,13-14,24H,9-12H2,(H,26,28);1H. The van der Waals surface area contributed by atoms with Crippen LogP contribution in [-0.2, 0) is 0 Å². The van der Waals surface area contributed by atoms with Gasteiger partial charge in [0.1, 0.15) is 0 Å². The molecule has 1 saturated heterocycles. The molecule has 1 fully saturated rings. The Hall–Kier alpha value is -1.86. The Morgan fingerprint density at radius 2 is 1.76 bits per heavy atom. The summed E-state index contributed by atoms with van der Waals surface area (Å²) in [6.45, 7) is 1.87. The van der Waals surface area contributed by atoms with Gasteiger partial charge in [-0.1, -0.05) is 27.5 Å². The van der Waals surface area contributed by atoms with Gasteiger partial charge in [-0.3, -0.25) is 4.79 Å². The summed E-state index contributed by atoms with van der Waals surface area (Å²) in [7, 11) is 0. The van der Waals surface area contributed by atoms with Crippen molar-refractivity contribution in [1.29, 1.82) is 0 Å². The van der Waals surface area contributed by atoms with Crippen LogP contribution in [0.4, 0.5) is 5.69 Å². The highest BCUT2D eigenvalue weighted by Crippen LogP contribution is 2.31. The highest BCUT2D eigenvalue weighted by Gasteiger charge is 2.27. The van der Waals surface area contributed by atoms with E-state index in [4.69, 9.17) is 11.6 Å². The molecule has 0 spiro atoms. The maximum Gasteiger partial charge on any atom is 0.259 e. The van der Waals surface area contributed by atoms with E-state index in [1.807, 2.05) is 53.2 Å². The van der Waals surface area contributed by atoms with Crippen LogP contribution in [0.25, 0.3) is 5.69 Å². The van der Waals surface area contributed by atoms with Gasteiger partial charge in [0, 0.05) is 21.1 Å². The number of halogens is 3. The number of anilines is 1. The molecule has 0 radical (unpaired) electrons. The third-order valence-corrected chi connectivity index (χ3v) is 5.73. The maximum absolute atomic E-state index is 13.0. The molecule has 152 valence electrons. The Morgan fingerprint density at radius 3 is 2.41 bits per heavy atom. The number of nitrogens with zero attached hydrogens (tertiary/aromatic N) is 2. The van der Waals surface area contributed by atoms with Gasteiger partial charge in [0.15, 0.2) is 0 Å². The van der Waals surface area contributed by atoms with Crippen molar-refractivity contribution in [2.24, 2.45) is 0 Å². The number of amides is 1. The minimum atomic E-state index is -0.143. The van der Waals surface area contributed by atoms with E-state index in [1.54, 1.807) is 6.20 Å². The first-order chi connectivity index (χ1) is 13.6. The molecule has 0 unspecified atom stereocenters. The van der Waals surface area contributed by atoms with E-state index < -0.39 is 0 Å². The number of piperidine rings is 1. The molecule has 1 aromatic heterocycles. The largest absolute Gasteiger partial charge is 0.322 e. The molecular weight excluding hydrogens is 475 g/mol. The summed E-state index contributed by atoms with van der Waals surface area (Å²) in [6.07, 6.45) is 3.61. The first-order valence-electron chi connectivity index (χ1n) is 9.23. The zero-order valence-electron chi connectivity index (χ0n) is 15.6. The molecule has 8 heteroatoms. The van der Waals surface area contributed by atoms with Crippen LogP contribution in [0.3, 0.4) is 0 Å². The zero-order valence-corrected chi connectivity index (χ0v) is 18.7. The average Bonchev–Trinajstić information content (AvgIpc) is 3.16. The summed E-state index contributed by atoms with van der Waals surface area (Å²) in [5.41, 5.74) is 3.23. The molecule has 5 nitrogen and oxygen atoms in total. The fourth-order valence-corrected chi connectivity index (χ4v) is 3.93. The van der Waals surface area contributed by atoms with Crippen molar-refractivity contribution in [2.75, 3.05) is 18.4 Å². The van der Waals surface area contributed by atoms with Crippen LogP contribution in [0.1, 0.15) is 34.8 Å². The number of benzene rings is 2. The van der Waals surface area contributed by atoms with Crippen molar-refractivity contribution in [2.45, 2.75) is 18.8 Å². The summed E-state index contributed by atoms with van der Waals surface area (Å²) < 4.78 is 2.85. The number of rotatable bonds is 4. The normalized spacial score (nSPS) is 14.3. The molecule has 0 aliphatic carbocycles. The van der Waals surface area contributed by atoms with Gasteiger partial charge in [-0.2, -0.15) is 5.10 Å². The second kappa shape index (κ2) is 9.76. The van der Waals surface area contributed by atoms with Gasteiger partial charge in [0.2, 0.25) is 0 Å². The number of nitrogens with one attached hydrogen (secondary N) is 2. The minimum absolute atomic E-state index is 0. The molecule has 29 heavy (non-hydrogen) atoms. The predicted octanol–water partition coefficient (Wildman–Crippen LogP) is 5.43. The number of carbonyl (C=O) groups is 1. The van der Waals surface area contributed by atoms with E-state index in [0.717, 1.165) is 47.5 Å². The molecule has 0 atom stereocenters. The van der Waals surface area contributed by atoms with Crippen molar-refractivity contribution < 1.29 is 4.79 Å². The van der Waals surface area contributed by atoms with E-state index in [2.05, 4.69) is 31.7 Å². The highest BCUT2D eigenvalue weighted by atomic mass is 79.9. The molecule has 1 aliphatic heterocycles. The Balaban J connectivity index is 0.00000240. The fraction of sp³-hybridized carbons (Fsp3) is 0.238.